The first-order chi connectivity index (χ1) is 6.27. The van der Waals surface area contributed by atoms with Crippen LogP contribution in [0, 0.1) is 18.8 Å². The van der Waals surface area contributed by atoms with Gasteiger partial charge in [0.1, 0.15) is 6.61 Å². The van der Waals surface area contributed by atoms with Gasteiger partial charge in [-0.25, -0.2) is 0 Å². The highest BCUT2D eigenvalue weighted by Crippen LogP contribution is 2.09. The van der Waals surface area contributed by atoms with Crippen LogP contribution in [0.3, 0.4) is 0 Å². The Hall–Kier alpha value is -1.30. The molecule has 0 aliphatic carbocycles. The van der Waals surface area contributed by atoms with Crippen molar-refractivity contribution in [3.63, 3.8) is 0 Å². The summed E-state index contributed by atoms with van der Waals surface area (Å²) in [5.41, 5.74) is 2.76. The van der Waals surface area contributed by atoms with Gasteiger partial charge in [0.05, 0.1) is 6.61 Å². The van der Waals surface area contributed by atoms with Gasteiger partial charge in [0.2, 0.25) is 0 Å². The lowest BCUT2D eigenvalue weighted by Crippen LogP contribution is -1.88. The molecule has 68 valence electrons. The van der Waals surface area contributed by atoms with E-state index >= 15 is 0 Å². The van der Waals surface area contributed by atoms with E-state index in [1.54, 1.807) is 0 Å². The summed E-state index contributed by atoms with van der Waals surface area (Å²) in [4.78, 5) is 0. The summed E-state index contributed by atoms with van der Waals surface area (Å²) in [7, 11) is 0. The zero-order valence-electron chi connectivity index (χ0n) is 7.54. The highest BCUT2D eigenvalue weighted by molar-refractivity contribution is 5.43. The summed E-state index contributed by atoms with van der Waals surface area (Å²) in [6, 6.07) is 5.60. The van der Waals surface area contributed by atoms with Crippen molar-refractivity contribution in [1.82, 2.24) is 0 Å². The number of aliphatic hydroxyl groups excluding tert-OH is 2. The van der Waals surface area contributed by atoms with Crippen LogP contribution in [0.25, 0.3) is 0 Å². The summed E-state index contributed by atoms with van der Waals surface area (Å²) in [5.74, 6) is 5.41. The lowest BCUT2D eigenvalue weighted by atomic mass is 10.1. The van der Waals surface area contributed by atoms with E-state index in [2.05, 4.69) is 11.8 Å². The number of hydrogen-bond donors (Lipinski definition) is 2. The molecular formula is C11H12O2. The van der Waals surface area contributed by atoms with Crippen molar-refractivity contribution >= 4 is 0 Å². The highest BCUT2D eigenvalue weighted by Gasteiger charge is 1.96. The molecule has 2 nitrogen and oxygen atoms in total. The molecule has 1 aromatic rings. The predicted molar refractivity (Wildman–Crippen MR) is 51.1 cm³/mol. The second kappa shape index (κ2) is 4.66. The van der Waals surface area contributed by atoms with E-state index in [4.69, 9.17) is 10.2 Å². The number of rotatable bonds is 1. The molecule has 2 N–H and O–H groups in total. The summed E-state index contributed by atoms with van der Waals surface area (Å²) < 4.78 is 0. The van der Waals surface area contributed by atoms with Gasteiger partial charge in [0, 0.05) is 5.56 Å². The Labute approximate surface area is 77.8 Å². The fourth-order valence-corrected chi connectivity index (χ4v) is 1.04. The SMILES string of the molecule is Cc1ccc(CO)cc1C#CCO. The van der Waals surface area contributed by atoms with Crippen LogP contribution in [-0.2, 0) is 6.61 Å². The van der Waals surface area contributed by atoms with E-state index in [1.165, 1.54) is 0 Å². The first-order valence-corrected chi connectivity index (χ1v) is 4.08. The van der Waals surface area contributed by atoms with Crippen LogP contribution < -0.4 is 0 Å². The predicted octanol–water partition coefficient (Wildman–Crippen LogP) is 0.831. The average molecular weight is 176 g/mol. The molecule has 0 atom stereocenters. The Kier molecular flexibility index (Phi) is 3.51. The molecule has 0 saturated heterocycles. The van der Waals surface area contributed by atoms with Gasteiger partial charge in [-0.3, -0.25) is 0 Å². The van der Waals surface area contributed by atoms with Gasteiger partial charge in [-0.2, -0.15) is 0 Å². The van der Waals surface area contributed by atoms with E-state index in [1.807, 2.05) is 25.1 Å². The lowest BCUT2D eigenvalue weighted by Gasteiger charge is -2.00. The molecule has 1 rings (SSSR count). The van der Waals surface area contributed by atoms with Crippen LogP contribution in [-0.4, -0.2) is 16.8 Å². The third-order valence-corrected chi connectivity index (χ3v) is 1.79. The molecule has 0 amide bonds. The maximum absolute atomic E-state index is 8.88. The van der Waals surface area contributed by atoms with E-state index in [0.717, 1.165) is 16.7 Å². The Morgan fingerprint density at radius 3 is 2.69 bits per heavy atom. The molecule has 0 fully saturated rings. The minimum Gasteiger partial charge on any atom is -0.392 e. The van der Waals surface area contributed by atoms with Crippen molar-refractivity contribution in [2.45, 2.75) is 13.5 Å². The fraction of sp³-hybridized carbons (Fsp3) is 0.273. The second-order valence-electron chi connectivity index (χ2n) is 2.77. The van der Waals surface area contributed by atoms with Crippen LogP contribution in [0.1, 0.15) is 16.7 Å². The van der Waals surface area contributed by atoms with E-state index in [-0.39, 0.29) is 13.2 Å². The Balaban J connectivity index is 3.04. The van der Waals surface area contributed by atoms with Crippen LogP contribution in [0.15, 0.2) is 18.2 Å². The molecule has 1 aromatic carbocycles. The highest BCUT2D eigenvalue weighted by atomic mass is 16.3. The van der Waals surface area contributed by atoms with E-state index in [0.29, 0.717) is 0 Å². The second-order valence-corrected chi connectivity index (χ2v) is 2.77. The van der Waals surface area contributed by atoms with Crippen molar-refractivity contribution in [3.8, 4) is 11.8 Å². The molecule has 0 bridgehead atoms. The van der Waals surface area contributed by atoms with Gasteiger partial charge >= 0.3 is 0 Å². The topological polar surface area (TPSA) is 40.5 Å². The van der Waals surface area contributed by atoms with Crippen molar-refractivity contribution < 1.29 is 10.2 Å². The maximum Gasteiger partial charge on any atom is 0.104 e. The van der Waals surface area contributed by atoms with E-state index in [9.17, 15) is 0 Å². The molecule has 0 aliphatic rings. The summed E-state index contributed by atoms with van der Waals surface area (Å²) in [5, 5.41) is 17.4. The normalized spacial score (nSPS) is 9.15. The standard InChI is InChI=1S/C11H12O2/c1-9-4-5-10(8-13)7-11(9)3-2-6-12/h4-5,7,12-13H,6,8H2,1H3. The monoisotopic (exact) mass is 176 g/mol. The first kappa shape index (κ1) is 9.79. The summed E-state index contributed by atoms with van der Waals surface area (Å²) in [6.45, 7) is 1.83. The molecule has 0 saturated carbocycles. The number of benzene rings is 1. The number of aryl methyl sites for hydroxylation is 1. The van der Waals surface area contributed by atoms with Crippen LogP contribution in [0.2, 0.25) is 0 Å². The van der Waals surface area contributed by atoms with Gasteiger partial charge < -0.3 is 10.2 Å². The van der Waals surface area contributed by atoms with Crippen molar-refractivity contribution in [2.24, 2.45) is 0 Å². The molecule has 2 heteroatoms. The molecule has 0 radical (unpaired) electrons. The summed E-state index contributed by atoms with van der Waals surface area (Å²) in [6.07, 6.45) is 0. The largest absolute Gasteiger partial charge is 0.392 e. The van der Waals surface area contributed by atoms with E-state index < -0.39 is 0 Å². The third-order valence-electron chi connectivity index (χ3n) is 1.79. The van der Waals surface area contributed by atoms with Crippen LogP contribution in [0.5, 0.6) is 0 Å². The van der Waals surface area contributed by atoms with Crippen LogP contribution >= 0.6 is 0 Å². The van der Waals surface area contributed by atoms with Gasteiger partial charge in [-0.1, -0.05) is 24.0 Å². The summed E-state index contributed by atoms with van der Waals surface area (Å²) >= 11 is 0. The quantitative estimate of drug-likeness (QED) is 0.622. The van der Waals surface area contributed by atoms with Gasteiger partial charge in [-0.05, 0) is 24.1 Å². The fourth-order valence-electron chi connectivity index (χ4n) is 1.04. The molecule has 0 spiro atoms. The maximum atomic E-state index is 8.88. The zero-order chi connectivity index (χ0) is 9.68. The lowest BCUT2D eigenvalue weighted by molar-refractivity contribution is 0.282. The Morgan fingerprint density at radius 1 is 1.31 bits per heavy atom. The molecule has 0 unspecified atom stereocenters. The zero-order valence-corrected chi connectivity index (χ0v) is 7.54. The van der Waals surface area contributed by atoms with Crippen molar-refractivity contribution in [2.75, 3.05) is 6.61 Å². The van der Waals surface area contributed by atoms with Gasteiger partial charge in [-0.15, -0.1) is 0 Å². The first-order valence-electron chi connectivity index (χ1n) is 4.08. The van der Waals surface area contributed by atoms with Crippen molar-refractivity contribution in [1.29, 1.82) is 0 Å². The molecular weight excluding hydrogens is 164 g/mol. The Bertz CT molecular complexity index is 345. The van der Waals surface area contributed by atoms with Crippen LogP contribution in [0.4, 0.5) is 0 Å². The molecule has 0 aromatic heterocycles. The number of aliphatic hydroxyl groups is 2. The molecule has 0 heterocycles. The smallest absolute Gasteiger partial charge is 0.104 e. The van der Waals surface area contributed by atoms with Gasteiger partial charge in [0.15, 0.2) is 0 Å². The Morgan fingerprint density at radius 2 is 2.08 bits per heavy atom. The molecule has 0 aliphatic heterocycles. The average Bonchev–Trinajstić information content (AvgIpc) is 2.17. The molecule has 13 heavy (non-hydrogen) atoms. The van der Waals surface area contributed by atoms with Gasteiger partial charge in [0.25, 0.3) is 0 Å². The third kappa shape index (κ3) is 2.59. The van der Waals surface area contributed by atoms with Crippen molar-refractivity contribution in [3.05, 3.63) is 34.9 Å². The minimum absolute atomic E-state index is 0.0219. The number of hydrogen-bond acceptors (Lipinski definition) is 2. The minimum atomic E-state index is -0.136.